The largest absolute Gasteiger partial charge is 0.507 e. The molecule has 1 atom stereocenters. The van der Waals surface area contributed by atoms with E-state index in [0.717, 1.165) is 12.2 Å². The molecule has 2 heterocycles. The highest BCUT2D eigenvalue weighted by atomic mass is 16.5. The third-order valence-electron chi connectivity index (χ3n) is 3.66. The number of aromatic nitrogens is 2. The van der Waals surface area contributed by atoms with Crippen LogP contribution in [-0.4, -0.2) is 41.1 Å². The van der Waals surface area contributed by atoms with E-state index in [1.165, 1.54) is 0 Å². The monoisotopic (exact) mass is 286 g/mol. The molecule has 110 valence electrons. The van der Waals surface area contributed by atoms with Crippen LogP contribution in [-0.2, 0) is 4.74 Å². The number of nitrogens with two attached hydrogens (primary N) is 1. The fraction of sp³-hybridized carbons (Fsp3) is 0.333. The Hall–Kier alpha value is -2.34. The standard InChI is InChI=1S/C15H18N4O2/c1-10-9-21-7-6-19(10)13-8-12(17-18-15(13)16)11-4-2-3-5-14(11)20/h2-5,8,10,20H,6-7,9H2,1H3,(H2,16,18)/t10-/m1/s1. The predicted octanol–water partition coefficient (Wildman–Crippen LogP) is 1.66. The van der Waals surface area contributed by atoms with Crippen molar-refractivity contribution in [3.05, 3.63) is 30.3 Å². The van der Waals surface area contributed by atoms with E-state index in [1.807, 2.05) is 18.2 Å². The summed E-state index contributed by atoms with van der Waals surface area (Å²) in [7, 11) is 0. The smallest absolute Gasteiger partial charge is 0.169 e. The number of benzene rings is 1. The van der Waals surface area contributed by atoms with Crippen molar-refractivity contribution in [2.75, 3.05) is 30.4 Å². The molecule has 6 heteroatoms. The average Bonchev–Trinajstić information content (AvgIpc) is 2.49. The fourth-order valence-corrected chi connectivity index (χ4v) is 2.53. The van der Waals surface area contributed by atoms with E-state index in [4.69, 9.17) is 10.5 Å². The number of phenols is 1. The summed E-state index contributed by atoms with van der Waals surface area (Å²) in [6.07, 6.45) is 0. The Balaban J connectivity index is 2.02. The minimum Gasteiger partial charge on any atom is -0.507 e. The number of hydrogen-bond acceptors (Lipinski definition) is 6. The summed E-state index contributed by atoms with van der Waals surface area (Å²) in [5.74, 6) is 0.570. The van der Waals surface area contributed by atoms with Crippen LogP contribution in [0.25, 0.3) is 11.3 Å². The summed E-state index contributed by atoms with van der Waals surface area (Å²) < 4.78 is 5.45. The molecule has 1 saturated heterocycles. The molecule has 0 unspecified atom stereocenters. The first-order valence-electron chi connectivity index (χ1n) is 6.93. The van der Waals surface area contributed by atoms with Gasteiger partial charge in [-0.15, -0.1) is 10.2 Å². The molecule has 2 aromatic rings. The van der Waals surface area contributed by atoms with Gasteiger partial charge in [-0.1, -0.05) is 12.1 Å². The van der Waals surface area contributed by atoms with Crippen molar-refractivity contribution < 1.29 is 9.84 Å². The lowest BCUT2D eigenvalue weighted by molar-refractivity contribution is 0.0990. The maximum absolute atomic E-state index is 9.95. The van der Waals surface area contributed by atoms with Crippen molar-refractivity contribution in [1.82, 2.24) is 10.2 Å². The number of ether oxygens (including phenoxy) is 1. The number of nitrogen functional groups attached to an aromatic ring is 1. The quantitative estimate of drug-likeness (QED) is 0.873. The second kappa shape index (κ2) is 5.57. The summed E-state index contributed by atoms with van der Waals surface area (Å²) in [4.78, 5) is 2.16. The molecule has 1 aliphatic rings. The van der Waals surface area contributed by atoms with Crippen LogP contribution in [0, 0.1) is 0 Å². The number of hydrogen-bond donors (Lipinski definition) is 2. The van der Waals surface area contributed by atoms with Gasteiger partial charge in [0.2, 0.25) is 0 Å². The summed E-state index contributed by atoms with van der Waals surface area (Å²) in [6.45, 7) is 4.17. The first kappa shape index (κ1) is 13.6. The van der Waals surface area contributed by atoms with Crippen LogP contribution in [0.4, 0.5) is 11.5 Å². The first-order valence-corrected chi connectivity index (χ1v) is 6.93. The number of para-hydroxylation sites is 1. The third-order valence-corrected chi connectivity index (χ3v) is 3.66. The minimum atomic E-state index is 0.178. The Bertz CT molecular complexity index is 647. The fourth-order valence-electron chi connectivity index (χ4n) is 2.53. The maximum atomic E-state index is 9.95. The van der Waals surface area contributed by atoms with E-state index in [0.29, 0.717) is 30.3 Å². The van der Waals surface area contributed by atoms with Crippen molar-refractivity contribution in [2.45, 2.75) is 13.0 Å². The highest BCUT2D eigenvalue weighted by Crippen LogP contribution is 2.32. The van der Waals surface area contributed by atoms with Crippen LogP contribution in [0.1, 0.15) is 6.92 Å². The highest BCUT2D eigenvalue weighted by molar-refractivity contribution is 5.74. The molecule has 0 saturated carbocycles. The lowest BCUT2D eigenvalue weighted by atomic mass is 10.1. The van der Waals surface area contributed by atoms with Crippen LogP contribution >= 0.6 is 0 Å². The minimum absolute atomic E-state index is 0.178. The van der Waals surface area contributed by atoms with Crippen molar-refractivity contribution in [2.24, 2.45) is 0 Å². The second-order valence-corrected chi connectivity index (χ2v) is 5.13. The third kappa shape index (κ3) is 2.62. The summed E-state index contributed by atoms with van der Waals surface area (Å²) >= 11 is 0. The molecular weight excluding hydrogens is 268 g/mol. The summed E-state index contributed by atoms with van der Waals surface area (Å²) in [6, 6.07) is 9.16. The van der Waals surface area contributed by atoms with E-state index in [9.17, 15) is 5.11 Å². The number of anilines is 2. The van der Waals surface area contributed by atoms with E-state index in [1.54, 1.807) is 12.1 Å². The summed E-state index contributed by atoms with van der Waals surface area (Å²) in [5.41, 5.74) is 8.07. The Kier molecular flexibility index (Phi) is 3.62. The number of aromatic hydroxyl groups is 1. The molecular formula is C15H18N4O2. The molecule has 1 aromatic carbocycles. The highest BCUT2D eigenvalue weighted by Gasteiger charge is 2.22. The molecule has 6 nitrogen and oxygen atoms in total. The van der Waals surface area contributed by atoms with E-state index in [-0.39, 0.29) is 11.8 Å². The zero-order chi connectivity index (χ0) is 14.8. The molecule has 3 rings (SSSR count). The maximum Gasteiger partial charge on any atom is 0.169 e. The lowest BCUT2D eigenvalue weighted by Crippen LogP contribution is -2.44. The lowest BCUT2D eigenvalue weighted by Gasteiger charge is -2.35. The van der Waals surface area contributed by atoms with Gasteiger partial charge in [0.25, 0.3) is 0 Å². The van der Waals surface area contributed by atoms with Crippen LogP contribution in [0.3, 0.4) is 0 Å². The van der Waals surface area contributed by atoms with Crippen LogP contribution in [0.5, 0.6) is 5.75 Å². The van der Waals surface area contributed by atoms with Gasteiger partial charge in [-0.3, -0.25) is 0 Å². The molecule has 1 fully saturated rings. The van der Waals surface area contributed by atoms with Crippen LogP contribution in [0.2, 0.25) is 0 Å². The van der Waals surface area contributed by atoms with Crippen molar-refractivity contribution in [1.29, 1.82) is 0 Å². The predicted molar refractivity (Wildman–Crippen MR) is 81.2 cm³/mol. The molecule has 1 aliphatic heterocycles. The Morgan fingerprint density at radius 3 is 2.90 bits per heavy atom. The van der Waals surface area contributed by atoms with Gasteiger partial charge in [0, 0.05) is 18.2 Å². The number of phenolic OH excluding ortho intramolecular Hbond substituents is 1. The van der Waals surface area contributed by atoms with Gasteiger partial charge >= 0.3 is 0 Å². The van der Waals surface area contributed by atoms with E-state index in [2.05, 4.69) is 22.0 Å². The number of rotatable bonds is 2. The van der Waals surface area contributed by atoms with Crippen LogP contribution in [0.15, 0.2) is 30.3 Å². The van der Waals surface area contributed by atoms with E-state index >= 15 is 0 Å². The second-order valence-electron chi connectivity index (χ2n) is 5.13. The average molecular weight is 286 g/mol. The number of morpholine rings is 1. The van der Waals surface area contributed by atoms with Gasteiger partial charge in [0.1, 0.15) is 5.75 Å². The molecule has 0 aliphatic carbocycles. The van der Waals surface area contributed by atoms with Crippen molar-refractivity contribution >= 4 is 11.5 Å². The Morgan fingerprint density at radius 1 is 1.33 bits per heavy atom. The van der Waals surface area contributed by atoms with Gasteiger partial charge in [0.05, 0.1) is 24.6 Å². The topological polar surface area (TPSA) is 84.5 Å². The van der Waals surface area contributed by atoms with Crippen molar-refractivity contribution in [3.8, 4) is 17.0 Å². The van der Waals surface area contributed by atoms with Gasteiger partial charge in [-0.05, 0) is 25.1 Å². The van der Waals surface area contributed by atoms with Crippen LogP contribution < -0.4 is 10.6 Å². The molecule has 0 spiro atoms. The summed E-state index contributed by atoms with van der Waals surface area (Å²) in [5, 5.41) is 18.1. The molecule has 0 amide bonds. The SMILES string of the molecule is C[C@@H]1COCCN1c1cc(-c2ccccc2O)nnc1N. The Labute approximate surface area is 123 Å². The zero-order valence-electron chi connectivity index (χ0n) is 11.9. The molecule has 0 bridgehead atoms. The molecule has 1 aromatic heterocycles. The van der Waals surface area contributed by atoms with Gasteiger partial charge in [-0.2, -0.15) is 0 Å². The molecule has 3 N–H and O–H groups in total. The molecule has 0 radical (unpaired) electrons. The van der Waals surface area contributed by atoms with Crippen molar-refractivity contribution in [3.63, 3.8) is 0 Å². The Morgan fingerprint density at radius 2 is 2.14 bits per heavy atom. The van der Waals surface area contributed by atoms with Gasteiger partial charge < -0.3 is 20.5 Å². The van der Waals surface area contributed by atoms with E-state index < -0.39 is 0 Å². The first-order chi connectivity index (χ1) is 10.2. The molecule has 21 heavy (non-hydrogen) atoms. The van der Waals surface area contributed by atoms with Gasteiger partial charge in [-0.25, -0.2) is 0 Å². The number of nitrogens with zero attached hydrogens (tertiary/aromatic N) is 3. The normalized spacial score (nSPS) is 18.7. The zero-order valence-corrected chi connectivity index (χ0v) is 11.9. The van der Waals surface area contributed by atoms with Gasteiger partial charge in [0.15, 0.2) is 5.82 Å².